The Balaban J connectivity index is 1.80. The second-order valence-electron chi connectivity index (χ2n) is 3.72. The molecule has 2 rings (SSSR count). The van der Waals surface area contributed by atoms with Crippen molar-refractivity contribution in [2.45, 2.75) is 4.90 Å². The van der Waals surface area contributed by atoms with Crippen LogP contribution in [0.3, 0.4) is 0 Å². The Morgan fingerprint density at radius 1 is 1.26 bits per heavy atom. The van der Waals surface area contributed by atoms with Gasteiger partial charge in [0.2, 0.25) is 0 Å². The van der Waals surface area contributed by atoms with Crippen molar-refractivity contribution >= 4 is 17.7 Å². The van der Waals surface area contributed by atoms with Crippen LogP contribution in [0.15, 0.2) is 53.7 Å². The van der Waals surface area contributed by atoms with Gasteiger partial charge in [-0.2, -0.15) is 0 Å². The number of hydrogen-bond acceptors (Lipinski definition) is 4. The summed E-state index contributed by atoms with van der Waals surface area (Å²) in [7, 11) is 0. The molecule has 0 fully saturated rings. The molecule has 0 radical (unpaired) electrons. The van der Waals surface area contributed by atoms with Gasteiger partial charge in [-0.3, -0.25) is 4.98 Å². The fraction of sp³-hybridized carbons (Fsp3) is 0.143. The number of aromatic nitrogens is 1. The lowest BCUT2D eigenvalue weighted by molar-refractivity contribution is 0.0696. The Kier molecular flexibility index (Phi) is 4.80. The third kappa shape index (κ3) is 4.30. The van der Waals surface area contributed by atoms with E-state index >= 15 is 0 Å². The summed E-state index contributed by atoms with van der Waals surface area (Å²) < 4.78 is 5.47. The van der Waals surface area contributed by atoms with Gasteiger partial charge in [0.1, 0.15) is 5.75 Å². The number of carboxylic acids is 1. The molecule has 0 unspecified atom stereocenters. The first kappa shape index (κ1) is 13.4. The maximum atomic E-state index is 10.8. The van der Waals surface area contributed by atoms with Crippen LogP contribution in [-0.4, -0.2) is 28.4 Å². The zero-order valence-electron chi connectivity index (χ0n) is 10.2. The topological polar surface area (TPSA) is 59.4 Å². The molecule has 0 aliphatic rings. The third-order valence-electron chi connectivity index (χ3n) is 2.32. The van der Waals surface area contributed by atoms with Crippen molar-refractivity contribution < 1.29 is 14.6 Å². The molecule has 2 aromatic rings. The number of rotatable bonds is 6. The predicted molar refractivity (Wildman–Crippen MR) is 73.9 cm³/mol. The summed E-state index contributed by atoms with van der Waals surface area (Å²) in [6.45, 7) is 0.504. The van der Waals surface area contributed by atoms with E-state index in [0.29, 0.717) is 12.4 Å². The van der Waals surface area contributed by atoms with E-state index in [0.717, 1.165) is 5.75 Å². The zero-order valence-corrected chi connectivity index (χ0v) is 11.0. The normalized spacial score (nSPS) is 10.1. The number of hydrogen-bond donors (Lipinski definition) is 1. The molecule has 1 heterocycles. The number of thioether (sulfide) groups is 1. The quantitative estimate of drug-likeness (QED) is 0.648. The van der Waals surface area contributed by atoms with Crippen LogP contribution in [0.1, 0.15) is 10.4 Å². The van der Waals surface area contributed by atoms with E-state index < -0.39 is 5.97 Å². The van der Waals surface area contributed by atoms with E-state index in [1.807, 2.05) is 30.3 Å². The molecule has 0 amide bonds. The van der Waals surface area contributed by atoms with Gasteiger partial charge in [-0.25, -0.2) is 4.79 Å². The molecule has 4 nitrogen and oxygen atoms in total. The molecule has 0 aliphatic carbocycles. The number of ether oxygens (including phenoxy) is 1. The minimum absolute atomic E-state index is 0.133. The Labute approximate surface area is 115 Å². The van der Waals surface area contributed by atoms with Crippen molar-refractivity contribution in [3.05, 3.63) is 54.4 Å². The molecular formula is C14H13NO3S. The largest absolute Gasteiger partial charge is 0.491 e. The number of benzene rings is 1. The SMILES string of the molecule is O=C(O)c1cncc(OCCSc2ccccc2)c1. The summed E-state index contributed by atoms with van der Waals surface area (Å²) in [5.41, 5.74) is 0.133. The first-order valence-corrected chi connectivity index (χ1v) is 6.73. The highest BCUT2D eigenvalue weighted by atomic mass is 32.2. The maximum Gasteiger partial charge on any atom is 0.337 e. The van der Waals surface area contributed by atoms with E-state index in [9.17, 15) is 4.79 Å². The van der Waals surface area contributed by atoms with Gasteiger partial charge in [0.15, 0.2) is 0 Å². The fourth-order valence-electron chi connectivity index (χ4n) is 1.45. The highest BCUT2D eigenvalue weighted by Gasteiger charge is 2.04. The molecule has 1 aromatic carbocycles. The van der Waals surface area contributed by atoms with Crippen molar-refractivity contribution in [2.24, 2.45) is 0 Å². The number of carboxylic acid groups (broad SMARTS) is 1. The summed E-state index contributed by atoms with van der Waals surface area (Å²) in [4.78, 5) is 15.8. The Bertz CT molecular complexity index is 545. The van der Waals surface area contributed by atoms with Gasteiger partial charge in [-0.1, -0.05) is 18.2 Å². The van der Waals surface area contributed by atoms with Crippen molar-refractivity contribution in [1.82, 2.24) is 4.98 Å². The van der Waals surface area contributed by atoms with Crippen LogP contribution in [0, 0.1) is 0 Å². The Hall–Kier alpha value is -2.01. The first-order chi connectivity index (χ1) is 9.25. The minimum atomic E-state index is -1.00. The van der Waals surface area contributed by atoms with Crippen LogP contribution in [0.2, 0.25) is 0 Å². The van der Waals surface area contributed by atoms with E-state index in [2.05, 4.69) is 4.98 Å². The standard InChI is InChI=1S/C14H13NO3S/c16-14(17)11-8-12(10-15-9-11)18-6-7-19-13-4-2-1-3-5-13/h1-5,8-10H,6-7H2,(H,16,17). The molecule has 1 aromatic heterocycles. The van der Waals surface area contributed by atoms with Gasteiger partial charge in [0.05, 0.1) is 18.4 Å². The third-order valence-corrected chi connectivity index (χ3v) is 3.30. The average Bonchev–Trinajstić information content (AvgIpc) is 2.45. The summed E-state index contributed by atoms with van der Waals surface area (Å²) in [6, 6.07) is 11.5. The molecule has 0 spiro atoms. The van der Waals surface area contributed by atoms with E-state index in [4.69, 9.17) is 9.84 Å². The Morgan fingerprint density at radius 3 is 2.79 bits per heavy atom. The summed E-state index contributed by atoms with van der Waals surface area (Å²) >= 11 is 1.69. The lowest BCUT2D eigenvalue weighted by atomic mass is 10.3. The van der Waals surface area contributed by atoms with Crippen molar-refractivity contribution in [3.8, 4) is 5.75 Å². The van der Waals surface area contributed by atoms with Gasteiger partial charge in [0, 0.05) is 16.8 Å². The van der Waals surface area contributed by atoms with Crippen LogP contribution in [0.5, 0.6) is 5.75 Å². The highest BCUT2D eigenvalue weighted by Crippen LogP contribution is 2.17. The number of pyridine rings is 1. The van der Waals surface area contributed by atoms with Gasteiger partial charge >= 0.3 is 5.97 Å². The second kappa shape index (κ2) is 6.80. The molecule has 0 saturated heterocycles. The van der Waals surface area contributed by atoms with Crippen molar-refractivity contribution in [3.63, 3.8) is 0 Å². The molecule has 19 heavy (non-hydrogen) atoms. The van der Waals surface area contributed by atoms with Gasteiger partial charge in [-0.15, -0.1) is 11.8 Å². The predicted octanol–water partition coefficient (Wildman–Crippen LogP) is 2.95. The lowest BCUT2D eigenvalue weighted by Crippen LogP contribution is -2.03. The lowest BCUT2D eigenvalue weighted by Gasteiger charge is -2.06. The van der Waals surface area contributed by atoms with Crippen LogP contribution in [0.4, 0.5) is 0 Å². The van der Waals surface area contributed by atoms with Crippen molar-refractivity contribution in [2.75, 3.05) is 12.4 Å². The molecule has 0 atom stereocenters. The second-order valence-corrected chi connectivity index (χ2v) is 4.89. The monoisotopic (exact) mass is 275 g/mol. The smallest absolute Gasteiger partial charge is 0.337 e. The zero-order chi connectivity index (χ0) is 13.5. The number of aromatic carboxylic acids is 1. The van der Waals surface area contributed by atoms with E-state index in [-0.39, 0.29) is 5.56 Å². The van der Waals surface area contributed by atoms with E-state index in [1.54, 1.807) is 11.8 Å². The minimum Gasteiger partial charge on any atom is -0.491 e. The number of nitrogens with zero attached hydrogens (tertiary/aromatic N) is 1. The molecule has 0 bridgehead atoms. The number of carbonyl (C=O) groups is 1. The van der Waals surface area contributed by atoms with E-state index in [1.165, 1.54) is 23.4 Å². The average molecular weight is 275 g/mol. The first-order valence-electron chi connectivity index (χ1n) is 5.75. The summed E-state index contributed by atoms with van der Waals surface area (Å²) in [6.07, 6.45) is 2.81. The highest BCUT2D eigenvalue weighted by molar-refractivity contribution is 7.99. The molecule has 0 saturated carbocycles. The van der Waals surface area contributed by atoms with Gasteiger partial charge in [-0.05, 0) is 18.2 Å². The fourth-order valence-corrected chi connectivity index (χ4v) is 2.20. The Morgan fingerprint density at radius 2 is 2.05 bits per heavy atom. The summed E-state index contributed by atoms with van der Waals surface area (Å²) in [5.74, 6) is 0.270. The molecule has 0 aliphatic heterocycles. The van der Waals surface area contributed by atoms with Gasteiger partial charge in [0.25, 0.3) is 0 Å². The molecule has 98 valence electrons. The van der Waals surface area contributed by atoms with Crippen molar-refractivity contribution in [1.29, 1.82) is 0 Å². The van der Waals surface area contributed by atoms with Crippen LogP contribution in [-0.2, 0) is 0 Å². The molecule has 1 N–H and O–H groups in total. The van der Waals surface area contributed by atoms with Gasteiger partial charge < -0.3 is 9.84 Å². The van der Waals surface area contributed by atoms with Crippen LogP contribution >= 0.6 is 11.8 Å². The van der Waals surface area contributed by atoms with Crippen LogP contribution < -0.4 is 4.74 Å². The van der Waals surface area contributed by atoms with Crippen LogP contribution in [0.25, 0.3) is 0 Å². The maximum absolute atomic E-state index is 10.8. The molecular weight excluding hydrogens is 262 g/mol. The molecule has 5 heteroatoms. The summed E-state index contributed by atoms with van der Waals surface area (Å²) in [5, 5.41) is 8.83.